The summed E-state index contributed by atoms with van der Waals surface area (Å²) in [5, 5.41) is 0. The lowest BCUT2D eigenvalue weighted by Gasteiger charge is -2.25. The minimum atomic E-state index is -0.623. The summed E-state index contributed by atoms with van der Waals surface area (Å²) >= 11 is 0. The fourth-order valence-corrected chi connectivity index (χ4v) is 3.50. The van der Waals surface area contributed by atoms with Crippen LogP contribution >= 0.6 is 0 Å². The van der Waals surface area contributed by atoms with Gasteiger partial charge in [-0.3, -0.25) is 4.79 Å². The Hall–Kier alpha value is -1.85. The third-order valence-corrected chi connectivity index (χ3v) is 4.35. The first-order valence-electron chi connectivity index (χ1n) is 6.70. The second kappa shape index (κ2) is 4.61. The molecule has 0 aromatic carbocycles. The molecule has 6 nitrogen and oxygen atoms in total. The van der Waals surface area contributed by atoms with Crippen molar-refractivity contribution in [1.29, 1.82) is 0 Å². The molecule has 2 saturated carbocycles. The zero-order valence-corrected chi connectivity index (χ0v) is 11.2. The van der Waals surface area contributed by atoms with Crippen LogP contribution in [0.3, 0.4) is 0 Å². The fourth-order valence-electron chi connectivity index (χ4n) is 3.50. The Morgan fingerprint density at radius 2 is 2.15 bits per heavy atom. The quantitative estimate of drug-likeness (QED) is 0.426. The van der Waals surface area contributed by atoms with Crippen LogP contribution in [0.1, 0.15) is 19.8 Å². The van der Waals surface area contributed by atoms with Crippen molar-refractivity contribution >= 4 is 17.9 Å². The molecule has 0 aromatic rings. The molecule has 4 unspecified atom stereocenters. The van der Waals surface area contributed by atoms with E-state index in [1.165, 1.54) is 6.92 Å². The van der Waals surface area contributed by atoms with Crippen molar-refractivity contribution in [3.05, 3.63) is 12.2 Å². The monoisotopic (exact) mass is 280 g/mol. The zero-order chi connectivity index (χ0) is 14.4. The smallest absolute Gasteiger partial charge is 0.344 e. The summed E-state index contributed by atoms with van der Waals surface area (Å²) in [7, 11) is 0. The molecule has 3 aliphatic rings. The molecule has 3 fully saturated rings. The molecular formula is C14H16O6. The Morgan fingerprint density at radius 3 is 2.85 bits per heavy atom. The highest BCUT2D eigenvalue weighted by Gasteiger charge is 2.63. The van der Waals surface area contributed by atoms with Crippen molar-refractivity contribution in [2.45, 2.75) is 32.0 Å². The van der Waals surface area contributed by atoms with Crippen molar-refractivity contribution in [1.82, 2.24) is 0 Å². The molecule has 2 aliphatic carbocycles. The first-order valence-corrected chi connectivity index (χ1v) is 6.70. The maximum Gasteiger partial charge on any atom is 0.344 e. The number of esters is 3. The molecule has 1 aliphatic heterocycles. The van der Waals surface area contributed by atoms with Crippen LogP contribution in [0.25, 0.3) is 0 Å². The second-order valence-corrected chi connectivity index (χ2v) is 5.71. The first-order chi connectivity index (χ1) is 9.47. The van der Waals surface area contributed by atoms with Gasteiger partial charge in [0.05, 0.1) is 5.92 Å². The Labute approximate surface area is 116 Å². The highest BCUT2D eigenvalue weighted by atomic mass is 16.6. The van der Waals surface area contributed by atoms with E-state index in [1.807, 2.05) is 0 Å². The lowest BCUT2D eigenvalue weighted by Crippen LogP contribution is -2.37. The van der Waals surface area contributed by atoms with Gasteiger partial charge < -0.3 is 14.2 Å². The topological polar surface area (TPSA) is 78.9 Å². The van der Waals surface area contributed by atoms with Crippen molar-refractivity contribution in [2.75, 3.05) is 6.61 Å². The SMILES string of the molecule is C=C(C)C(=O)OCC(=O)OC1C2CC3C(=O)O[C@@H]1C3C2. The molecule has 0 spiro atoms. The van der Waals surface area contributed by atoms with Gasteiger partial charge in [-0.15, -0.1) is 0 Å². The third-order valence-electron chi connectivity index (χ3n) is 4.35. The molecular weight excluding hydrogens is 264 g/mol. The normalized spacial score (nSPS) is 36.6. The van der Waals surface area contributed by atoms with Crippen molar-refractivity contribution in [3.8, 4) is 0 Å². The summed E-state index contributed by atoms with van der Waals surface area (Å²) in [4.78, 5) is 34.4. The van der Waals surface area contributed by atoms with E-state index in [1.54, 1.807) is 0 Å². The van der Waals surface area contributed by atoms with Crippen LogP contribution in [-0.4, -0.2) is 36.7 Å². The van der Waals surface area contributed by atoms with Crippen LogP contribution in [0, 0.1) is 17.8 Å². The molecule has 1 saturated heterocycles. The van der Waals surface area contributed by atoms with Crippen LogP contribution < -0.4 is 0 Å². The lowest BCUT2D eigenvalue weighted by atomic mass is 9.88. The number of hydrogen-bond acceptors (Lipinski definition) is 6. The third kappa shape index (κ3) is 1.99. The van der Waals surface area contributed by atoms with Crippen LogP contribution in [-0.2, 0) is 28.6 Å². The van der Waals surface area contributed by atoms with E-state index in [0.29, 0.717) is 0 Å². The predicted octanol–water partition coefficient (Wildman–Crippen LogP) is 0.599. The van der Waals surface area contributed by atoms with Gasteiger partial charge in [0.1, 0.15) is 12.2 Å². The molecule has 3 rings (SSSR count). The van der Waals surface area contributed by atoms with Gasteiger partial charge >= 0.3 is 17.9 Å². The molecule has 0 radical (unpaired) electrons. The van der Waals surface area contributed by atoms with Gasteiger partial charge in [-0.1, -0.05) is 6.58 Å². The van der Waals surface area contributed by atoms with E-state index >= 15 is 0 Å². The average molecular weight is 280 g/mol. The number of carbonyl (C=O) groups excluding carboxylic acids is 3. The Kier molecular flexibility index (Phi) is 3.03. The summed E-state index contributed by atoms with van der Waals surface area (Å²) in [6.45, 7) is 4.48. The van der Waals surface area contributed by atoms with E-state index in [9.17, 15) is 14.4 Å². The largest absolute Gasteiger partial charge is 0.458 e. The van der Waals surface area contributed by atoms with Crippen molar-refractivity contribution in [3.63, 3.8) is 0 Å². The number of hydrogen-bond donors (Lipinski definition) is 0. The Bertz CT molecular complexity index is 496. The minimum Gasteiger partial charge on any atom is -0.458 e. The average Bonchev–Trinajstić information content (AvgIpc) is 3.00. The summed E-state index contributed by atoms with van der Waals surface area (Å²) < 4.78 is 15.3. The molecule has 6 heteroatoms. The second-order valence-electron chi connectivity index (χ2n) is 5.71. The van der Waals surface area contributed by atoms with Crippen molar-refractivity contribution < 1.29 is 28.6 Å². The molecule has 5 atom stereocenters. The van der Waals surface area contributed by atoms with Crippen LogP contribution in [0.5, 0.6) is 0 Å². The predicted molar refractivity (Wildman–Crippen MR) is 65.2 cm³/mol. The fraction of sp³-hybridized carbons (Fsp3) is 0.643. The van der Waals surface area contributed by atoms with E-state index in [0.717, 1.165) is 12.8 Å². The van der Waals surface area contributed by atoms with Crippen LogP contribution in [0.2, 0.25) is 0 Å². The van der Waals surface area contributed by atoms with Gasteiger partial charge in [-0.25, -0.2) is 9.59 Å². The maximum absolute atomic E-state index is 11.7. The van der Waals surface area contributed by atoms with Crippen molar-refractivity contribution in [2.24, 2.45) is 17.8 Å². The molecule has 2 bridgehead atoms. The molecule has 0 aromatic heterocycles. The first kappa shape index (κ1) is 13.1. The molecule has 108 valence electrons. The summed E-state index contributed by atoms with van der Waals surface area (Å²) in [6, 6.07) is 0. The van der Waals surface area contributed by atoms with E-state index in [2.05, 4.69) is 6.58 Å². The highest BCUT2D eigenvalue weighted by molar-refractivity contribution is 5.88. The van der Waals surface area contributed by atoms with Gasteiger partial charge in [0.25, 0.3) is 0 Å². The Morgan fingerprint density at radius 1 is 1.40 bits per heavy atom. The Balaban J connectivity index is 1.54. The van der Waals surface area contributed by atoms with Gasteiger partial charge in [-0.05, 0) is 19.8 Å². The van der Waals surface area contributed by atoms with Crippen LogP contribution in [0.4, 0.5) is 0 Å². The number of fused-ring (bicyclic) bond motifs is 1. The number of carbonyl (C=O) groups is 3. The van der Waals surface area contributed by atoms with Gasteiger partial charge in [0.15, 0.2) is 6.61 Å². The molecule has 0 N–H and O–H groups in total. The zero-order valence-electron chi connectivity index (χ0n) is 11.2. The van der Waals surface area contributed by atoms with E-state index < -0.39 is 24.6 Å². The standard InChI is InChI=1S/C14H16O6/c1-6(2)13(16)18-5-10(15)19-11-7-3-8-9(4-7)14(17)20-12(8)11/h7-9,11-12H,1,3-5H2,2H3/t7?,8?,9?,11?,12-/m1/s1. The van der Waals surface area contributed by atoms with Crippen LogP contribution in [0.15, 0.2) is 12.2 Å². The summed E-state index contributed by atoms with van der Waals surface area (Å²) in [5.74, 6) is -1.06. The van der Waals surface area contributed by atoms with Gasteiger partial charge in [-0.2, -0.15) is 0 Å². The summed E-state index contributed by atoms with van der Waals surface area (Å²) in [6.07, 6.45) is 0.888. The molecule has 1 heterocycles. The lowest BCUT2D eigenvalue weighted by molar-refractivity contribution is -0.168. The van der Waals surface area contributed by atoms with Gasteiger partial charge in [0, 0.05) is 17.4 Å². The minimum absolute atomic E-state index is 0.0128. The molecule has 20 heavy (non-hydrogen) atoms. The van der Waals surface area contributed by atoms with E-state index in [-0.39, 0.29) is 35.4 Å². The van der Waals surface area contributed by atoms with E-state index in [4.69, 9.17) is 14.2 Å². The number of rotatable bonds is 4. The maximum atomic E-state index is 11.7. The summed E-state index contributed by atoms with van der Waals surface area (Å²) in [5.41, 5.74) is 0.227. The molecule has 0 amide bonds. The van der Waals surface area contributed by atoms with Gasteiger partial charge in [0.2, 0.25) is 0 Å². The number of ether oxygens (including phenoxy) is 3. The highest BCUT2D eigenvalue weighted by Crippen LogP contribution is 2.55.